The summed E-state index contributed by atoms with van der Waals surface area (Å²) in [4.78, 5) is 19.8. The van der Waals surface area contributed by atoms with Crippen LogP contribution in [-0.2, 0) is 13.6 Å². The first-order valence-corrected chi connectivity index (χ1v) is 7.99. The van der Waals surface area contributed by atoms with Crippen molar-refractivity contribution in [3.05, 3.63) is 72.3 Å². The Labute approximate surface area is 144 Å². The molecule has 0 radical (unpaired) electrons. The third-order valence-corrected chi connectivity index (χ3v) is 4.14. The molecule has 0 saturated heterocycles. The smallest absolute Gasteiger partial charge is 0.267 e. The molecule has 3 aromatic heterocycles. The van der Waals surface area contributed by atoms with Crippen LogP contribution in [0.25, 0.3) is 22.2 Å². The summed E-state index contributed by atoms with van der Waals surface area (Å²) in [6.45, 7) is 0.410. The first kappa shape index (κ1) is 15.1. The molecule has 1 amide bonds. The van der Waals surface area contributed by atoms with Gasteiger partial charge in [0.25, 0.3) is 5.91 Å². The molecule has 0 aliphatic heterocycles. The lowest BCUT2D eigenvalue weighted by Crippen LogP contribution is -2.23. The maximum absolute atomic E-state index is 12.4. The Morgan fingerprint density at radius 3 is 2.88 bits per heavy atom. The molecule has 2 N–H and O–H groups in total. The first-order chi connectivity index (χ1) is 12.2. The number of para-hydroxylation sites is 1. The van der Waals surface area contributed by atoms with Crippen LogP contribution in [0, 0.1) is 0 Å². The van der Waals surface area contributed by atoms with E-state index < -0.39 is 0 Å². The van der Waals surface area contributed by atoms with Crippen molar-refractivity contribution in [1.82, 2.24) is 25.1 Å². The number of nitrogens with one attached hydrogen (secondary N) is 2. The van der Waals surface area contributed by atoms with Crippen LogP contribution < -0.4 is 5.32 Å². The number of nitrogens with zero attached hydrogens (tertiary/aromatic N) is 3. The van der Waals surface area contributed by atoms with Crippen LogP contribution in [0.5, 0.6) is 0 Å². The van der Waals surface area contributed by atoms with Crippen LogP contribution in [-0.4, -0.2) is 25.7 Å². The Morgan fingerprint density at radius 2 is 2.08 bits per heavy atom. The summed E-state index contributed by atoms with van der Waals surface area (Å²) in [7, 11) is 1.89. The van der Waals surface area contributed by atoms with Gasteiger partial charge in [-0.15, -0.1) is 0 Å². The van der Waals surface area contributed by atoms with Crippen LogP contribution in [0.15, 0.2) is 61.1 Å². The molecule has 1 aromatic carbocycles. The molecule has 25 heavy (non-hydrogen) atoms. The zero-order valence-corrected chi connectivity index (χ0v) is 13.7. The number of carbonyl (C=O) groups is 1. The summed E-state index contributed by atoms with van der Waals surface area (Å²) in [5.74, 6) is -0.137. The molecule has 124 valence electrons. The Balaban J connectivity index is 1.49. The highest BCUT2D eigenvalue weighted by molar-refractivity contribution is 5.97. The molecule has 0 spiro atoms. The molecule has 6 heteroatoms. The maximum atomic E-state index is 12.4. The minimum absolute atomic E-state index is 0.137. The highest BCUT2D eigenvalue weighted by atomic mass is 16.1. The molecule has 0 unspecified atom stereocenters. The monoisotopic (exact) mass is 331 g/mol. The van der Waals surface area contributed by atoms with Gasteiger partial charge in [-0.1, -0.05) is 18.2 Å². The summed E-state index contributed by atoms with van der Waals surface area (Å²) in [5, 5.41) is 8.12. The number of benzene rings is 1. The van der Waals surface area contributed by atoms with Crippen molar-refractivity contribution in [1.29, 1.82) is 0 Å². The summed E-state index contributed by atoms with van der Waals surface area (Å²) in [6, 6.07) is 13.6. The minimum atomic E-state index is -0.137. The maximum Gasteiger partial charge on any atom is 0.267 e. The molecule has 0 aliphatic rings. The van der Waals surface area contributed by atoms with E-state index in [0.717, 1.165) is 27.7 Å². The number of aromatic amines is 1. The van der Waals surface area contributed by atoms with Crippen molar-refractivity contribution in [2.75, 3.05) is 0 Å². The number of aryl methyl sites for hydroxylation is 1. The van der Waals surface area contributed by atoms with Crippen LogP contribution in [0.3, 0.4) is 0 Å². The van der Waals surface area contributed by atoms with Gasteiger partial charge in [-0.3, -0.25) is 14.5 Å². The standard InChI is InChI=1S/C19H17N5O/c1-24-18(6-7-22-24)15-8-13(10-20-12-15)11-21-19(25)17-9-14-4-2-3-5-16(14)23-17/h2-10,12,23H,11H2,1H3,(H,21,25). The lowest BCUT2D eigenvalue weighted by molar-refractivity contribution is 0.0946. The second kappa shape index (κ2) is 6.24. The van der Waals surface area contributed by atoms with Crippen molar-refractivity contribution >= 4 is 16.8 Å². The van der Waals surface area contributed by atoms with Gasteiger partial charge in [-0.05, 0) is 29.8 Å². The van der Waals surface area contributed by atoms with Crippen LogP contribution in [0.1, 0.15) is 16.1 Å². The fraction of sp³-hybridized carbons (Fsp3) is 0.105. The van der Waals surface area contributed by atoms with Crippen LogP contribution in [0.4, 0.5) is 0 Å². The Morgan fingerprint density at radius 1 is 1.20 bits per heavy atom. The number of hydrogen-bond donors (Lipinski definition) is 2. The van der Waals surface area contributed by atoms with Crippen molar-refractivity contribution in [2.45, 2.75) is 6.54 Å². The average Bonchev–Trinajstić information content (AvgIpc) is 3.26. The fourth-order valence-electron chi connectivity index (χ4n) is 2.85. The predicted octanol–water partition coefficient (Wildman–Crippen LogP) is 2.89. The predicted molar refractivity (Wildman–Crippen MR) is 95.9 cm³/mol. The van der Waals surface area contributed by atoms with Crippen molar-refractivity contribution in [2.24, 2.45) is 7.05 Å². The zero-order chi connectivity index (χ0) is 17.2. The molecule has 4 rings (SSSR count). The van der Waals surface area contributed by atoms with E-state index in [4.69, 9.17) is 0 Å². The number of pyridine rings is 1. The molecule has 0 atom stereocenters. The van der Waals surface area contributed by atoms with Crippen LogP contribution in [0.2, 0.25) is 0 Å². The number of hydrogen-bond acceptors (Lipinski definition) is 3. The number of rotatable bonds is 4. The minimum Gasteiger partial charge on any atom is -0.351 e. The number of fused-ring (bicyclic) bond motifs is 1. The largest absolute Gasteiger partial charge is 0.351 e. The molecular formula is C19H17N5O. The van der Waals surface area contributed by atoms with E-state index in [9.17, 15) is 4.79 Å². The first-order valence-electron chi connectivity index (χ1n) is 7.99. The lowest BCUT2D eigenvalue weighted by atomic mass is 10.1. The van der Waals surface area contributed by atoms with Gasteiger partial charge in [0.1, 0.15) is 5.69 Å². The van der Waals surface area contributed by atoms with Crippen molar-refractivity contribution < 1.29 is 4.79 Å². The van der Waals surface area contributed by atoms with Crippen molar-refractivity contribution in [3.8, 4) is 11.3 Å². The molecule has 6 nitrogen and oxygen atoms in total. The number of aromatic nitrogens is 4. The van der Waals surface area contributed by atoms with E-state index in [-0.39, 0.29) is 5.91 Å². The molecule has 0 fully saturated rings. The second-order valence-corrected chi connectivity index (χ2v) is 5.87. The summed E-state index contributed by atoms with van der Waals surface area (Å²) < 4.78 is 1.80. The third-order valence-electron chi connectivity index (χ3n) is 4.14. The normalized spacial score (nSPS) is 10.9. The quantitative estimate of drug-likeness (QED) is 0.604. The molecule has 3 heterocycles. The number of carbonyl (C=O) groups excluding carboxylic acids is 1. The Bertz CT molecular complexity index is 1010. The third kappa shape index (κ3) is 3.01. The summed E-state index contributed by atoms with van der Waals surface area (Å²) in [6.07, 6.45) is 5.30. The zero-order valence-electron chi connectivity index (χ0n) is 13.7. The van der Waals surface area contributed by atoms with E-state index in [1.807, 2.05) is 49.5 Å². The fourth-order valence-corrected chi connectivity index (χ4v) is 2.85. The summed E-state index contributed by atoms with van der Waals surface area (Å²) in [5.41, 5.74) is 4.39. The van der Waals surface area contributed by atoms with Gasteiger partial charge in [0.05, 0.1) is 5.69 Å². The topological polar surface area (TPSA) is 75.6 Å². The van der Waals surface area contributed by atoms with E-state index in [2.05, 4.69) is 20.4 Å². The molecule has 0 saturated carbocycles. The highest BCUT2D eigenvalue weighted by Gasteiger charge is 2.10. The van der Waals surface area contributed by atoms with Crippen molar-refractivity contribution in [3.63, 3.8) is 0 Å². The van der Waals surface area contributed by atoms with Gasteiger partial charge in [0, 0.05) is 48.6 Å². The lowest BCUT2D eigenvalue weighted by Gasteiger charge is -2.06. The second-order valence-electron chi connectivity index (χ2n) is 5.87. The van der Waals surface area contributed by atoms with Gasteiger partial charge in [0.15, 0.2) is 0 Å². The average molecular weight is 331 g/mol. The number of H-pyrrole nitrogens is 1. The SMILES string of the molecule is Cn1nccc1-c1cncc(CNC(=O)c2cc3ccccc3[nH]2)c1. The molecule has 0 bridgehead atoms. The number of amides is 1. The van der Waals surface area contributed by atoms with E-state index >= 15 is 0 Å². The van der Waals surface area contributed by atoms with Gasteiger partial charge < -0.3 is 10.3 Å². The van der Waals surface area contributed by atoms with Gasteiger partial charge in [-0.25, -0.2) is 0 Å². The van der Waals surface area contributed by atoms with Gasteiger partial charge in [-0.2, -0.15) is 5.10 Å². The Kier molecular flexibility index (Phi) is 3.78. The van der Waals surface area contributed by atoms with Crippen LogP contribution >= 0.6 is 0 Å². The van der Waals surface area contributed by atoms with E-state index in [0.29, 0.717) is 12.2 Å². The molecular weight excluding hydrogens is 314 g/mol. The van der Waals surface area contributed by atoms with E-state index in [1.54, 1.807) is 23.3 Å². The Hall–Kier alpha value is -3.41. The van der Waals surface area contributed by atoms with Gasteiger partial charge >= 0.3 is 0 Å². The summed E-state index contributed by atoms with van der Waals surface area (Å²) >= 11 is 0. The molecule has 4 aromatic rings. The van der Waals surface area contributed by atoms with Gasteiger partial charge in [0.2, 0.25) is 0 Å². The molecule has 0 aliphatic carbocycles. The van der Waals surface area contributed by atoms with E-state index in [1.165, 1.54) is 0 Å². The highest BCUT2D eigenvalue weighted by Crippen LogP contribution is 2.18.